The second-order valence-corrected chi connectivity index (χ2v) is 4.51. The lowest BCUT2D eigenvalue weighted by atomic mass is 10.1. The Kier molecular flexibility index (Phi) is 1.84. The highest BCUT2D eigenvalue weighted by atomic mass is 16.4. The summed E-state index contributed by atoms with van der Waals surface area (Å²) in [6, 6.07) is 6.53. The van der Waals surface area contributed by atoms with Crippen molar-refractivity contribution in [3.05, 3.63) is 35.5 Å². The molecular weight excluding hydrogens is 202 g/mol. The standard InChI is InChI=1S/C13H13NO2/c1-8-2-5-12-10(6-8)11(13(15)16)7-14(12)9-3-4-9/h2,5-7,9H,3-4H2,1H3,(H,15,16). The van der Waals surface area contributed by atoms with Gasteiger partial charge in [0, 0.05) is 23.1 Å². The van der Waals surface area contributed by atoms with Gasteiger partial charge in [0.05, 0.1) is 5.56 Å². The third kappa shape index (κ3) is 1.32. The van der Waals surface area contributed by atoms with Crippen molar-refractivity contribution in [3.63, 3.8) is 0 Å². The fourth-order valence-corrected chi connectivity index (χ4v) is 2.19. The Morgan fingerprint density at radius 3 is 2.81 bits per heavy atom. The lowest BCUT2D eigenvalue weighted by Crippen LogP contribution is -1.94. The van der Waals surface area contributed by atoms with E-state index in [4.69, 9.17) is 0 Å². The van der Waals surface area contributed by atoms with Gasteiger partial charge < -0.3 is 9.67 Å². The van der Waals surface area contributed by atoms with E-state index in [9.17, 15) is 9.90 Å². The molecule has 1 aromatic carbocycles. The minimum Gasteiger partial charge on any atom is -0.478 e. The van der Waals surface area contributed by atoms with Crippen LogP contribution in [-0.2, 0) is 0 Å². The number of carbonyl (C=O) groups is 1. The number of aryl methyl sites for hydroxylation is 1. The molecule has 3 heteroatoms. The number of fused-ring (bicyclic) bond motifs is 1. The zero-order valence-electron chi connectivity index (χ0n) is 9.10. The molecule has 2 aromatic rings. The first-order chi connectivity index (χ1) is 7.66. The lowest BCUT2D eigenvalue weighted by Gasteiger charge is -2.01. The largest absolute Gasteiger partial charge is 0.478 e. The highest BCUT2D eigenvalue weighted by molar-refractivity contribution is 6.03. The van der Waals surface area contributed by atoms with Gasteiger partial charge >= 0.3 is 5.97 Å². The summed E-state index contributed by atoms with van der Waals surface area (Å²) in [6.45, 7) is 1.99. The zero-order valence-corrected chi connectivity index (χ0v) is 9.10. The first-order valence-electron chi connectivity index (χ1n) is 5.51. The fourth-order valence-electron chi connectivity index (χ4n) is 2.19. The topological polar surface area (TPSA) is 42.2 Å². The van der Waals surface area contributed by atoms with Crippen molar-refractivity contribution in [1.29, 1.82) is 0 Å². The summed E-state index contributed by atoms with van der Waals surface area (Å²) in [6.07, 6.45) is 4.11. The fraction of sp³-hybridized carbons (Fsp3) is 0.308. The second kappa shape index (κ2) is 3.11. The Labute approximate surface area is 93.3 Å². The molecule has 1 N–H and O–H groups in total. The molecule has 0 atom stereocenters. The van der Waals surface area contributed by atoms with E-state index in [-0.39, 0.29) is 0 Å². The number of aromatic nitrogens is 1. The van der Waals surface area contributed by atoms with Crippen LogP contribution in [0.1, 0.15) is 34.8 Å². The van der Waals surface area contributed by atoms with E-state index in [0.717, 1.165) is 29.3 Å². The maximum atomic E-state index is 11.2. The first kappa shape index (κ1) is 9.46. The molecule has 0 bridgehead atoms. The van der Waals surface area contributed by atoms with Crippen LogP contribution in [0.25, 0.3) is 10.9 Å². The van der Waals surface area contributed by atoms with Gasteiger partial charge in [0.1, 0.15) is 0 Å². The average Bonchev–Trinajstić information content (AvgIpc) is 2.99. The summed E-state index contributed by atoms with van der Waals surface area (Å²) in [4.78, 5) is 11.2. The van der Waals surface area contributed by atoms with Crippen LogP contribution >= 0.6 is 0 Å². The van der Waals surface area contributed by atoms with E-state index in [1.54, 1.807) is 6.20 Å². The van der Waals surface area contributed by atoms with E-state index in [2.05, 4.69) is 4.57 Å². The molecule has 1 heterocycles. The van der Waals surface area contributed by atoms with E-state index in [1.165, 1.54) is 0 Å². The molecule has 3 rings (SSSR count). The van der Waals surface area contributed by atoms with Gasteiger partial charge in [-0.2, -0.15) is 0 Å². The molecular formula is C13H13NO2. The SMILES string of the molecule is Cc1ccc2c(c1)c(C(=O)O)cn2C1CC1. The van der Waals surface area contributed by atoms with Gasteiger partial charge in [-0.15, -0.1) is 0 Å². The van der Waals surface area contributed by atoms with Gasteiger partial charge in [0.2, 0.25) is 0 Å². The molecule has 16 heavy (non-hydrogen) atoms. The van der Waals surface area contributed by atoms with Crippen molar-refractivity contribution in [2.75, 3.05) is 0 Å². The number of carboxylic acid groups (broad SMARTS) is 1. The predicted octanol–water partition coefficient (Wildman–Crippen LogP) is 2.98. The molecule has 0 spiro atoms. The number of aromatic carboxylic acids is 1. The number of rotatable bonds is 2. The Hall–Kier alpha value is -1.77. The van der Waals surface area contributed by atoms with E-state index >= 15 is 0 Å². The first-order valence-corrected chi connectivity index (χ1v) is 5.51. The maximum Gasteiger partial charge on any atom is 0.337 e. The van der Waals surface area contributed by atoms with Gasteiger partial charge in [0.25, 0.3) is 0 Å². The van der Waals surface area contributed by atoms with Gasteiger partial charge in [-0.1, -0.05) is 11.6 Å². The number of carboxylic acids is 1. The van der Waals surface area contributed by atoms with Crippen LogP contribution in [0.3, 0.4) is 0 Å². The summed E-state index contributed by atoms with van der Waals surface area (Å²) >= 11 is 0. The summed E-state index contributed by atoms with van der Waals surface area (Å²) in [5.41, 5.74) is 2.57. The Bertz CT molecular complexity index is 579. The molecule has 1 fully saturated rings. The molecule has 0 unspecified atom stereocenters. The summed E-state index contributed by atoms with van der Waals surface area (Å²) < 4.78 is 2.11. The van der Waals surface area contributed by atoms with E-state index in [1.807, 2.05) is 25.1 Å². The van der Waals surface area contributed by atoms with Gasteiger partial charge in [-0.3, -0.25) is 0 Å². The quantitative estimate of drug-likeness (QED) is 0.836. The number of benzene rings is 1. The maximum absolute atomic E-state index is 11.2. The van der Waals surface area contributed by atoms with Crippen molar-refractivity contribution in [2.24, 2.45) is 0 Å². The monoisotopic (exact) mass is 215 g/mol. The summed E-state index contributed by atoms with van der Waals surface area (Å²) in [5.74, 6) is -0.838. The van der Waals surface area contributed by atoms with Gasteiger partial charge in [-0.05, 0) is 31.9 Å². The van der Waals surface area contributed by atoms with Crippen LogP contribution < -0.4 is 0 Å². The molecule has 1 aliphatic rings. The molecule has 1 aromatic heterocycles. The second-order valence-electron chi connectivity index (χ2n) is 4.51. The van der Waals surface area contributed by atoms with Crippen LogP contribution in [0.4, 0.5) is 0 Å². The molecule has 1 saturated carbocycles. The Morgan fingerprint density at radius 2 is 2.19 bits per heavy atom. The number of nitrogens with zero attached hydrogens (tertiary/aromatic N) is 1. The Balaban J connectivity index is 2.32. The normalized spacial score (nSPS) is 15.6. The third-order valence-electron chi connectivity index (χ3n) is 3.16. The van der Waals surface area contributed by atoms with Crippen LogP contribution in [0, 0.1) is 6.92 Å². The Morgan fingerprint density at radius 1 is 1.44 bits per heavy atom. The highest BCUT2D eigenvalue weighted by Crippen LogP contribution is 2.39. The van der Waals surface area contributed by atoms with Gasteiger partial charge in [-0.25, -0.2) is 4.79 Å². The van der Waals surface area contributed by atoms with Crippen molar-refractivity contribution >= 4 is 16.9 Å². The molecule has 82 valence electrons. The smallest absolute Gasteiger partial charge is 0.337 e. The van der Waals surface area contributed by atoms with Crippen LogP contribution in [0.5, 0.6) is 0 Å². The van der Waals surface area contributed by atoms with E-state index in [0.29, 0.717) is 11.6 Å². The molecule has 0 radical (unpaired) electrons. The van der Waals surface area contributed by atoms with Crippen LogP contribution in [0.15, 0.2) is 24.4 Å². The molecule has 3 nitrogen and oxygen atoms in total. The van der Waals surface area contributed by atoms with E-state index < -0.39 is 5.97 Å². The molecule has 0 saturated heterocycles. The molecule has 0 amide bonds. The van der Waals surface area contributed by atoms with Crippen molar-refractivity contribution in [1.82, 2.24) is 4.57 Å². The van der Waals surface area contributed by atoms with Crippen molar-refractivity contribution in [3.8, 4) is 0 Å². The van der Waals surface area contributed by atoms with Crippen LogP contribution in [0.2, 0.25) is 0 Å². The summed E-state index contributed by atoms with van der Waals surface area (Å²) in [5, 5.41) is 10.0. The third-order valence-corrected chi connectivity index (χ3v) is 3.16. The van der Waals surface area contributed by atoms with Gasteiger partial charge in [0.15, 0.2) is 0 Å². The highest BCUT2D eigenvalue weighted by Gasteiger charge is 2.26. The molecule has 1 aliphatic carbocycles. The number of hydrogen-bond acceptors (Lipinski definition) is 1. The summed E-state index contributed by atoms with van der Waals surface area (Å²) in [7, 11) is 0. The zero-order chi connectivity index (χ0) is 11.3. The minimum atomic E-state index is -0.838. The van der Waals surface area contributed by atoms with Crippen LogP contribution in [-0.4, -0.2) is 15.6 Å². The van der Waals surface area contributed by atoms with Crippen molar-refractivity contribution in [2.45, 2.75) is 25.8 Å². The predicted molar refractivity (Wildman–Crippen MR) is 61.9 cm³/mol. The minimum absolute atomic E-state index is 0.422. The molecule has 0 aliphatic heterocycles. The van der Waals surface area contributed by atoms with Crippen molar-refractivity contribution < 1.29 is 9.90 Å². The average molecular weight is 215 g/mol. The lowest BCUT2D eigenvalue weighted by molar-refractivity contribution is 0.0699. The number of hydrogen-bond donors (Lipinski definition) is 1.